The zero-order valence-electron chi connectivity index (χ0n) is 21.1. The molecule has 0 unspecified atom stereocenters. The summed E-state index contributed by atoms with van der Waals surface area (Å²) in [7, 11) is 0. The molecular weight excluding hydrogens is 430 g/mol. The maximum absolute atomic E-state index is 13.4. The molecule has 0 bridgehead atoms. The number of aromatic nitrogens is 3. The van der Waals surface area contributed by atoms with E-state index in [0.717, 1.165) is 28.9 Å². The maximum atomic E-state index is 13.4. The van der Waals surface area contributed by atoms with Gasteiger partial charge < -0.3 is 15.4 Å². The van der Waals surface area contributed by atoms with Crippen molar-refractivity contribution in [3.63, 3.8) is 0 Å². The fraction of sp³-hybridized carbons (Fsp3) is 0.500. The lowest BCUT2D eigenvalue weighted by atomic mass is 9.99. The average Bonchev–Trinajstić information content (AvgIpc) is 3.12. The molecular formula is C26H37N5O3. The Morgan fingerprint density at radius 3 is 2.47 bits per heavy atom. The molecule has 2 heterocycles. The number of ether oxygens (including phenoxy) is 1. The molecule has 0 saturated heterocycles. The second kappa shape index (κ2) is 10.9. The van der Waals surface area contributed by atoms with Crippen LogP contribution in [-0.2, 0) is 11.3 Å². The first kappa shape index (κ1) is 25.5. The van der Waals surface area contributed by atoms with Crippen molar-refractivity contribution in [1.82, 2.24) is 24.8 Å². The average molecular weight is 468 g/mol. The van der Waals surface area contributed by atoms with Gasteiger partial charge in [0.05, 0.1) is 23.8 Å². The van der Waals surface area contributed by atoms with Crippen LogP contribution in [0, 0.1) is 12.8 Å². The number of nitrogens with zero attached hydrogens (tertiary/aromatic N) is 3. The minimum Gasteiger partial charge on any atom is -0.444 e. The number of hydrogen-bond acceptors (Lipinski definition) is 5. The molecule has 184 valence electrons. The number of hydrogen-bond donors (Lipinski definition) is 2. The van der Waals surface area contributed by atoms with E-state index in [1.807, 2.05) is 68.7 Å². The molecule has 2 N–H and O–H groups in total. The fourth-order valence-corrected chi connectivity index (χ4v) is 3.94. The van der Waals surface area contributed by atoms with Gasteiger partial charge in [-0.3, -0.25) is 4.57 Å². The van der Waals surface area contributed by atoms with Gasteiger partial charge in [0, 0.05) is 12.2 Å². The Kier molecular flexibility index (Phi) is 8.15. The van der Waals surface area contributed by atoms with Crippen molar-refractivity contribution in [2.24, 2.45) is 5.92 Å². The van der Waals surface area contributed by atoms with Crippen molar-refractivity contribution in [1.29, 1.82) is 0 Å². The summed E-state index contributed by atoms with van der Waals surface area (Å²) in [5.41, 5.74) is 2.92. The highest BCUT2D eigenvalue weighted by molar-refractivity contribution is 5.67. The Bertz CT molecular complexity index is 1160. The normalized spacial score (nSPS) is 12.8. The molecule has 3 aromatic rings. The topological polar surface area (TPSA) is 89.7 Å². The fourth-order valence-electron chi connectivity index (χ4n) is 3.94. The summed E-state index contributed by atoms with van der Waals surface area (Å²) in [4.78, 5) is 25.3. The van der Waals surface area contributed by atoms with Gasteiger partial charge >= 0.3 is 11.8 Å². The lowest BCUT2D eigenvalue weighted by molar-refractivity contribution is 0.0527. The highest BCUT2D eigenvalue weighted by atomic mass is 16.6. The molecule has 0 fully saturated rings. The number of aryl methyl sites for hydroxylation is 1. The number of fused-ring (bicyclic) bond motifs is 1. The predicted molar refractivity (Wildman–Crippen MR) is 134 cm³/mol. The summed E-state index contributed by atoms with van der Waals surface area (Å²) >= 11 is 0. The highest BCUT2D eigenvalue weighted by Gasteiger charge is 2.22. The van der Waals surface area contributed by atoms with Crippen molar-refractivity contribution in [2.75, 3.05) is 13.1 Å². The van der Waals surface area contributed by atoms with Gasteiger partial charge in [0.25, 0.3) is 0 Å². The van der Waals surface area contributed by atoms with Crippen LogP contribution >= 0.6 is 0 Å². The smallest absolute Gasteiger partial charge is 0.407 e. The van der Waals surface area contributed by atoms with Gasteiger partial charge in [-0.25, -0.2) is 9.59 Å². The number of rotatable bonds is 9. The van der Waals surface area contributed by atoms with Crippen LogP contribution < -0.4 is 16.3 Å². The highest BCUT2D eigenvalue weighted by Crippen LogP contribution is 2.23. The zero-order valence-corrected chi connectivity index (χ0v) is 21.1. The van der Waals surface area contributed by atoms with Crippen LogP contribution in [0.1, 0.15) is 64.0 Å². The van der Waals surface area contributed by atoms with Crippen LogP contribution in [0.15, 0.2) is 47.3 Å². The van der Waals surface area contributed by atoms with E-state index in [4.69, 9.17) is 4.74 Å². The standard InChI is InChI=1S/C26H37N5O3/c1-18(2)23(27-13-10-14-28-24(32)34-26(4,5)6)22-16-21-15-19(3)29-31(21)25(33)30(22)17-20-11-8-7-9-12-20/h7-9,11-12,15-16,18,23,27H,10,13-14,17H2,1-6H3,(H,28,32)/t23-/m1/s1. The van der Waals surface area contributed by atoms with Crippen LogP contribution in [0.4, 0.5) is 4.79 Å². The molecule has 1 aromatic carbocycles. The summed E-state index contributed by atoms with van der Waals surface area (Å²) in [5, 5.41) is 10.8. The Hall–Kier alpha value is -3.13. The number of alkyl carbamates (subject to hydrolysis) is 1. The third-order valence-electron chi connectivity index (χ3n) is 5.43. The molecule has 0 spiro atoms. The Labute approximate surface area is 201 Å². The van der Waals surface area contributed by atoms with Gasteiger partial charge in [0.1, 0.15) is 5.60 Å². The number of amides is 1. The Morgan fingerprint density at radius 1 is 1.12 bits per heavy atom. The van der Waals surface area contributed by atoms with E-state index in [2.05, 4.69) is 35.6 Å². The van der Waals surface area contributed by atoms with E-state index in [9.17, 15) is 9.59 Å². The molecule has 34 heavy (non-hydrogen) atoms. The van der Waals surface area contributed by atoms with Crippen LogP contribution in [0.3, 0.4) is 0 Å². The van der Waals surface area contributed by atoms with Crippen LogP contribution in [0.2, 0.25) is 0 Å². The van der Waals surface area contributed by atoms with Crippen LogP contribution in [0.5, 0.6) is 0 Å². The molecule has 0 aliphatic rings. The second-order valence-electron chi connectivity index (χ2n) is 10.0. The Morgan fingerprint density at radius 2 is 1.82 bits per heavy atom. The zero-order chi connectivity index (χ0) is 24.9. The van der Waals surface area contributed by atoms with Gasteiger partial charge in [-0.05, 0) is 64.3 Å². The summed E-state index contributed by atoms with van der Waals surface area (Å²) in [6, 6.07) is 13.9. The first-order valence-corrected chi connectivity index (χ1v) is 11.9. The van der Waals surface area contributed by atoms with Crippen molar-refractivity contribution in [3.8, 4) is 0 Å². The monoisotopic (exact) mass is 467 g/mol. The molecule has 0 aliphatic heterocycles. The molecule has 1 atom stereocenters. The third-order valence-corrected chi connectivity index (χ3v) is 5.43. The minimum atomic E-state index is -0.516. The van der Waals surface area contributed by atoms with Crippen molar-refractivity contribution in [3.05, 3.63) is 69.9 Å². The van der Waals surface area contributed by atoms with Gasteiger partial charge in [-0.1, -0.05) is 44.2 Å². The van der Waals surface area contributed by atoms with Crippen LogP contribution in [-0.4, -0.2) is 39.0 Å². The first-order valence-electron chi connectivity index (χ1n) is 11.9. The van der Waals surface area contributed by atoms with Crippen molar-refractivity contribution < 1.29 is 9.53 Å². The molecule has 8 nitrogen and oxygen atoms in total. The van der Waals surface area contributed by atoms with Gasteiger partial charge in [-0.15, -0.1) is 0 Å². The van der Waals surface area contributed by atoms with Gasteiger partial charge in [-0.2, -0.15) is 9.61 Å². The molecule has 3 rings (SSSR count). The molecule has 2 aromatic heterocycles. The quantitative estimate of drug-likeness (QED) is 0.464. The van der Waals surface area contributed by atoms with E-state index >= 15 is 0 Å². The van der Waals surface area contributed by atoms with E-state index in [1.165, 1.54) is 4.52 Å². The van der Waals surface area contributed by atoms with Gasteiger partial charge in [0.2, 0.25) is 0 Å². The lowest BCUT2D eigenvalue weighted by Gasteiger charge is -2.26. The summed E-state index contributed by atoms with van der Waals surface area (Å²) in [5.74, 6) is 0.242. The lowest BCUT2D eigenvalue weighted by Crippen LogP contribution is -2.37. The summed E-state index contributed by atoms with van der Waals surface area (Å²) in [6.45, 7) is 13.4. The SMILES string of the molecule is Cc1cc2cc([C@H](NCCCNC(=O)OC(C)(C)C)C(C)C)n(Cc3ccccc3)c(=O)n2n1. The van der Waals surface area contributed by atoms with Crippen molar-refractivity contribution in [2.45, 2.75) is 66.2 Å². The van der Waals surface area contributed by atoms with E-state index in [0.29, 0.717) is 19.6 Å². The molecule has 0 aliphatic carbocycles. The number of benzene rings is 1. The van der Waals surface area contributed by atoms with Crippen molar-refractivity contribution >= 4 is 11.6 Å². The van der Waals surface area contributed by atoms with E-state index in [-0.39, 0.29) is 17.6 Å². The molecule has 0 radical (unpaired) electrons. The predicted octanol–water partition coefficient (Wildman–Crippen LogP) is 4.05. The van der Waals surface area contributed by atoms with E-state index in [1.54, 1.807) is 0 Å². The minimum absolute atomic E-state index is 0.0434. The number of nitrogens with one attached hydrogen (secondary N) is 2. The summed E-state index contributed by atoms with van der Waals surface area (Å²) < 4.78 is 8.57. The molecule has 8 heteroatoms. The van der Waals surface area contributed by atoms with Gasteiger partial charge in [0.15, 0.2) is 0 Å². The molecule has 0 saturated carbocycles. The van der Waals surface area contributed by atoms with Crippen LogP contribution in [0.25, 0.3) is 5.52 Å². The Balaban J connectivity index is 1.80. The first-order chi connectivity index (χ1) is 16.0. The number of carbonyl (C=O) groups is 1. The maximum Gasteiger partial charge on any atom is 0.407 e. The second-order valence-corrected chi connectivity index (χ2v) is 10.0. The largest absolute Gasteiger partial charge is 0.444 e. The summed E-state index contributed by atoms with van der Waals surface area (Å²) in [6.07, 6.45) is 0.325. The number of carbonyl (C=O) groups excluding carboxylic acids is 1. The van der Waals surface area contributed by atoms with E-state index < -0.39 is 11.7 Å². The third kappa shape index (κ3) is 6.70. The molecule has 1 amide bonds.